The molecule has 0 saturated carbocycles. The van der Waals surface area contributed by atoms with Gasteiger partial charge in [0, 0.05) is 19.3 Å². The summed E-state index contributed by atoms with van der Waals surface area (Å²) in [5, 5.41) is 0. The summed E-state index contributed by atoms with van der Waals surface area (Å²) in [6.07, 6.45) is 83.2. The average molecular weight is 1080 g/mol. The van der Waals surface area contributed by atoms with Crippen molar-refractivity contribution in [3.63, 3.8) is 0 Å². The fourth-order valence-electron chi connectivity index (χ4n) is 10.3. The standard InChI is InChI=1S/C71H130O6/c1-4-7-10-13-16-19-22-24-26-27-28-29-30-31-32-33-34-35-36-37-38-39-40-41-42-43-44-46-47-49-52-55-58-61-64-70(73)76-67-68(66-75-69(72)63-60-57-54-51-21-18-15-12-9-6-3)77-71(74)65-62-59-56-53-50-48-45-25-23-20-17-14-11-8-5-2/h8,11,17,20,25,45,50,53,68H,4-7,9-10,12-16,18-19,21-24,26-44,46-49,51-52,54-67H2,1-3H3/b11-8-,20-17-,45-25-,53-50-. The summed E-state index contributed by atoms with van der Waals surface area (Å²) in [6, 6.07) is 0. The maximum absolute atomic E-state index is 12.8. The number of rotatable bonds is 63. The second-order valence-corrected chi connectivity index (χ2v) is 23.1. The zero-order valence-electron chi connectivity index (χ0n) is 51.7. The predicted molar refractivity (Wildman–Crippen MR) is 335 cm³/mol. The molecular formula is C71H130O6. The predicted octanol–water partition coefficient (Wildman–Crippen LogP) is 23.3. The molecule has 0 spiro atoms. The number of hydrogen-bond acceptors (Lipinski definition) is 6. The molecule has 0 aromatic rings. The summed E-state index contributed by atoms with van der Waals surface area (Å²) in [4.78, 5) is 38.1. The van der Waals surface area contributed by atoms with Gasteiger partial charge in [-0.25, -0.2) is 0 Å². The molecule has 0 rings (SSSR count). The van der Waals surface area contributed by atoms with Crippen LogP contribution in [0.15, 0.2) is 48.6 Å². The molecular weight excluding hydrogens is 949 g/mol. The average Bonchev–Trinajstić information content (AvgIpc) is 3.43. The minimum Gasteiger partial charge on any atom is -0.462 e. The number of hydrogen-bond donors (Lipinski definition) is 0. The smallest absolute Gasteiger partial charge is 0.306 e. The number of carbonyl (C=O) groups is 3. The van der Waals surface area contributed by atoms with Crippen LogP contribution in [-0.4, -0.2) is 37.2 Å². The fourth-order valence-corrected chi connectivity index (χ4v) is 10.3. The minimum absolute atomic E-state index is 0.0856. The summed E-state index contributed by atoms with van der Waals surface area (Å²) < 4.78 is 16.8. The number of ether oxygens (including phenoxy) is 3. The molecule has 6 nitrogen and oxygen atoms in total. The van der Waals surface area contributed by atoms with E-state index in [1.54, 1.807) is 0 Å². The highest BCUT2D eigenvalue weighted by Crippen LogP contribution is 2.19. The van der Waals surface area contributed by atoms with E-state index in [4.69, 9.17) is 14.2 Å². The summed E-state index contributed by atoms with van der Waals surface area (Å²) in [7, 11) is 0. The maximum Gasteiger partial charge on any atom is 0.306 e. The molecule has 0 bridgehead atoms. The molecule has 0 aliphatic heterocycles. The molecule has 0 radical (unpaired) electrons. The van der Waals surface area contributed by atoms with E-state index < -0.39 is 6.10 Å². The molecule has 77 heavy (non-hydrogen) atoms. The van der Waals surface area contributed by atoms with Crippen LogP contribution in [0, 0.1) is 0 Å². The minimum atomic E-state index is -0.791. The Kier molecular flexibility index (Phi) is 63.6. The molecule has 0 saturated heterocycles. The molecule has 6 heteroatoms. The van der Waals surface area contributed by atoms with E-state index in [9.17, 15) is 14.4 Å². The Morgan fingerprint density at radius 2 is 0.506 bits per heavy atom. The third kappa shape index (κ3) is 64.1. The highest BCUT2D eigenvalue weighted by Gasteiger charge is 2.19. The monoisotopic (exact) mass is 1080 g/mol. The Morgan fingerprint density at radius 1 is 0.273 bits per heavy atom. The van der Waals surface area contributed by atoms with Crippen LogP contribution in [0.1, 0.15) is 367 Å². The van der Waals surface area contributed by atoms with Crippen molar-refractivity contribution in [2.45, 2.75) is 374 Å². The van der Waals surface area contributed by atoms with E-state index >= 15 is 0 Å². The van der Waals surface area contributed by atoms with Gasteiger partial charge in [0.2, 0.25) is 0 Å². The van der Waals surface area contributed by atoms with Gasteiger partial charge in [0.25, 0.3) is 0 Å². The van der Waals surface area contributed by atoms with Crippen molar-refractivity contribution >= 4 is 17.9 Å². The first-order valence-electron chi connectivity index (χ1n) is 34.1. The molecule has 1 atom stereocenters. The van der Waals surface area contributed by atoms with Crippen molar-refractivity contribution in [1.29, 1.82) is 0 Å². The highest BCUT2D eigenvalue weighted by molar-refractivity contribution is 5.71. The zero-order valence-corrected chi connectivity index (χ0v) is 51.7. The van der Waals surface area contributed by atoms with Crippen molar-refractivity contribution in [1.82, 2.24) is 0 Å². The van der Waals surface area contributed by atoms with Crippen molar-refractivity contribution in [2.24, 2.45) is 0 Å². The lowest BCUT2D eigenvalue weighted by Crippen LogP contribution is -2.30. The van der Waals surface area contributed by atoms with Crippen LogP contribution in [0.25, 0.3) is 0 Å². The topological polar surface area (TPSA) is 78.9 Å². The first kappa shape index (κ1) is 74.4. The Morgan fingerprint density at radius 3 is 0.792 bits per heavy atom. The first-order chi connectivity index (χ1) is 38.0. The van der Waals surface area contributed by atoms with Crippen LogP contribution in [0.5, 0.6) is 0 Å². The first-order valence-corrected chi connectivity index (χ1v) is 34.1. The van der Waals surface area contributed by atoms with E-state index in [1.165, 1.54) is 244 Å². The molecule has 0 heterocycles. The van der Waals surface area contributed by atoms with Crippen LogP contribution in [0.3, 0.4) is 0 Å². The van der Waals surface area contributed by atoms with E-state index in [1.807, 2.05) is 0 Å². The van der Waals surface area contributed by atoms with Gasteiger partial charge >= 0.3 is 17.9 Å². The van der Waals surface area contributed by atoms with Gasteiger partial charge in [-0.1, -0.05) is 339 Å². The molecule has 0 aliphatic rings. The Balaban J connectivity index is 4.02. The zero-order chi connectivity index (χ0) is 55.7. The van der Waals surface area contributed by atoms with Gasteiger partial charge in [-0.15, -0.1) is 0 Å². The van der Waals surface area contributed by atoms with Crippen molar-refractivity contribution in [3.05, 3.63) is 48.6 Å². The van der Waals surface area contributed by atoms with Gasteiger partial charge in [0.1, 0.15) is 13.2 Å². The third-order valence-corrected chi connectivity index (χ3v) is 15.3. The Labute approximate surface area is 479 Å². The number of carbonyl (C=O) groups excluding carboxylic acids is 3. The van der Waals surface area contributed by atoms with E-state index in [0.717, 1.165) is 77.0 Å². The van der Waals surface area contributed by atoms with Crippen LogP contribution in [0.4, 0.5) is 0 Å². The normalized spacial score (nSPS) is 12.3. The summed E-state index contributed by atoms with van der Waals surface area (Å²) in [5.41, 5.74) is 0. The van der Waals surface area contributed by atoms with Crippen LogP contribution in [-0.2, 0) is 28.6 Å². The van der Waals surface area contributed by atoms with Gasteiger partial charge in [-0.05, 0) is 57.8 Å². The molecule has 450 valence electrons. The third-order valence-electron chi connectivity index (χ3n) is 15.3. The van der Waals surface area contributed by atoms with Gasteiger partial charge in [-0.3, -0.25) is 14.4 Å². The number of unbranched alkanes of at least 4 members (excludes halogenated alkanes) is 44. The van der Waals surface area contributed by atoms with E-state index in [2.05, 4.69) is 69.4 Å². The molecule has 0 aliphatic carbocycles. The lowest BCUT2D eigenvalue weighted by atomic mass is 10.0. The largest absolute Gasteiger partial charge is 0.462 e. The summed E-state index contributed by atoms with van der Waals surface area (Å²) >= 11 is 0. The maximum atomic E-state index is 12.8. The second kappa shape index (κ2) is 65.9. The lowest BCUT2D eigenvalue weighted by molar-refractivity contribution is -0.167. The molecule has 0 aromatic heterocycles. The second-order valence-electron chi connectivity index (χ2n) is 23.1. The molecule has 0 amide bonds. The SMILES string of the molecule is CC/C=C\C/C=C\C/C=C\C/C=C\CCCCC(=O)OC(COC(=O)CCCCCCCCCCCC)COC(=O)CCCCCCCCCCCCCCCCCCCCCCCCCCCCCCCCCCCC. The summed E-state index contributed by atoms with van der Waals surface area (Å²) in [6.45, 7) is 6.53. The summed E-state index contributed by atoms with van der Waals surface area (Å²) in [5.74, 6) is -0.911. The molecule has 1 unspecified atom stereocenters. The van der Waals surface area contributed by atoms with Gasteiger partial charge in [-0.2, -0.15) is 0 Å². The Hall–Kier alpha value is -2.63. The fraction of sp³-hybridized carbons (Fsp3) is 0.845. The number of allylic oxidation sites excluding steroid dienone is 8. The van der Waals surface area contributed by atoms with Gasteiger partial charge in [0.05, 0.1) is 0 Å². The van der Waals surface area contributed by atoms with E-state index in [-0.39, 0.29) is 37.5 Å². The van der Waals surface area contributed by atoms with Gasteiger partial charge < -0.3 is 14.2 Å². The highest BCUT2D eigenvalue weighted by atomic mass is 16.6. The van der Waals surface area contributed by atoms with Crippen molar-refractivity contribution in [2.75, 3.05) is 13.2 Å². The molecule has 0 aromatic carbocycles. The van der Waals surface area contributed by atoms with E-state index in [0.29, 0.717) is 19.3 Å². The molecule has 0 N–H and O–H groups in total. The quantitative estimate of drug-likeness (QED) is 0.0261. The Bertz CT molecular complexity index is 1330. The molecule has 0 fully saturated rings. The van der Waals surface area contributed by atoms with Crippen LogP contribution >= 0.6 is 0 Å². The number of esters is 3. The lowest BCUT2D eigenvalue weighted by Gasteiger charge is -2.18. The van der Waals surface area contributed by atoms with Crippen molar-refractivity contribution in [3.8, 4) is 0 Å². The van der Waals surface area contributed by atoms with Crippen molar-refractivity contribution < 1.29 is 28.6 Å². The van der Waals surface area contributed by atoms with Crippen LogP contribution < -0.4 is 0 Å². The van der Waals surface area contributed by atoms with Crippen LogP contribution in [0.2, 0.25) is 0 Å². The van der Waals surface area contributed by atoms with Gasteiger partial charge in [0.15, 0.2) is 6.10 Å².